The van der Waals surface area contributed by atoms with E-state index < -0.39 is 0 Å². The molecular weight excluding hydrogens is 230 g/mol. The van der Waals surface area contributed by atoms with Crippen LogP contribution in [0, 0.1) is 11.3 Å². The molecule has 1 nitrogen and oxygen atoms in total. The maximum absolute atomic E-state index is 3.50. The van der Waals surface area contributed by atoms with Gasteiger partial charge >= 0.3 is 0 Å². The minimum atomic E-state index is 0.346. The summed E-state index contributed by atoms with van der Waals surface area (Å²) in [4.78, 5) is 0. The SMILES string of the molecule is CCNCC(Cc1ccc(C(C)C)cc1)C(C)(C)C. The summed E-state index contributed by atoms with van der Waals surface area (Å²) in [5, 5.41) is 3.50. The Labute approximate surface area is 119 Å². The number of nitrogens with one attached hydrogen (secondary N) is 1. The smallest absolute Gasteiger partial charge is 0.00124 e. The second-order valence-electron chi connectivity index (χ2n) is 6.97. The molecule has 1 unspecified atom stereocenters. The molecule has 0 heterocycles. The van der Waals surface area contributed by atoms with Crippen LogP contribution in [0.5, 0.6) is 0 Å². The van der Waals surface area contributed by atoms with Crippen LogP contribution in [0.3, 0.4) is 0 Å². The lowest BCUT2D eigenvalue weighted by Crippen LogP contribution is -2.33. The van der Waals surface area contributed by atoms with Crippen molar-refractivity contribution in [2.45, 2.75) is 53.9 Å². The van der Waals surface area contributed by atoms with Crippen LogP contribution in [0.1, 0.15) is 58.6 Å². The monoisotopic (exact) mass is 261 g/mol. The van der Waals surface area contributed by atoms with E-state index in [2.05, 4.69) is 71.1 Å². The predicted octanol–water partition coefficient (Wildman–Crippen LogP) is 4.62. The van der Waals surface area contributed by atoms with Crippen LogP contribution in [0.4, 0.5) is 0 Å². The van der Waals surface area contributed by atoms with Gasteiger partial charge in [0.05, 0.1) is 0 Å². The molecule has 0 radical (unpaired) electrons. The van der Waals surface area contributed by atoms with Crippen molar-refractivity contribution in [3.63, 3.8) is 0 Å². The Hall–Kier alpha value is -0.820. The molecule has 0 amide bonds. The Morgan fingerprint density at radius 3 is 2.05 bits per heavy atom. The largest absolute Gasteiger partial charge is 0.317 e. The van der Waals surface area contributed by atoms with E-state index in [4.69, 9.17) is 0 Å². The molecule has 0 fully saturated rings. The summed E-state index contributed by atoms with van der Waals surface area (Å²) in [7, 11) is 0. The van der Waals surface area contributed by atoms with E-state index in [0.717, 1.165) is 19.5 Å². The van der Waals surface area contributed by atoms with Gasteiger partial charge < -0.3 is 5.32 Å². The predicted molar refractivity (Wildman–Crippen MR) is 85.7 cm³/mol. The zero-order valence-corrected chi connectivity index (χ0v) is 13.6. The maximum atomic E-state index is 3.50. The van der Waals surface area contributed by atoms with Crippen LogP contribution in [0.25, 0.3) is 0 Å². The highest BCUT2D eigenvalue weighted by Gasteiger charge is 2.24. The third-order valence-electron chi connectivity index (χ3n) is 3.99. The molecule has 0 bridgehead atoms. The standard InChI is InChI=1S/C18H31N/c1-7-19-13-17(18(4,5)6)12-15-8-10-16(11-9-15)14(2)3/h8-11,14,17,19H,7,12-13H2,1-6H3. The van der Waals surface area contributed by atoms with E-state index in [9.17, 15) is 0 Å². The second-order valence-corrected chi connectivity index (χ2v) is 6.97. The first kappa shape index (κ1) is 16.2. The summed E-state index contributed by atoms with van der Waals surface area (Å²) in [5.74, 6) is 1.30. The highest BCUT2D eigenvalue weighted by molar-refractivity contribution is 5.25. The van der Waals surface area contributed by atoms with Crippen molar-refractivity contribution in [3.8, 4) is 0 Å². The van der Waals surface area contributed by atoms with Gasteiger partial charge in [-0.2, -0.15) is 0 Å². The van der Waals surface area contributed by atoms with Gasteiger partial charge in [-0.05, 0) is 47.9 Å². The Kier molecular flexibility index (Phi) is 6.06. The molecule has 19 heavy (non-hydrogen) atoms. The van der Waals surface area contributed by atoms with Gasteiger partial charge in [0.15, 0.2) is 0 Å². The van der Waals surface area contributed by atoms with Crippen LogP contribution in [0.2, 0.25) is 0 Å². The molecule has 0 aliphatic rings. The van der Waals surface area contributed by atoms with Crippen LogP contribution in [-0.2, 0) is 6.42 Å². The molecule has 0 saturated carbocycles. The quantitative estimate of drug-likeness (QED) is 0.787. The summed E-state index contributed by atoms with van der Waals surface area (Å²) in [6.07, 6.45) is 1.16. The fourth-order valence-corrected chi connectivity index (χ4v) is 2.33. The molecule has 0 saturated heterocycles. The molecule has 0 spiro atoms. The first-order valence-electron chi connectivity index (χ1n) is 7.64. The number of hydrogen-bond donors (Lipinski definition) is 1. The van der Waals surface area contributed by atoms with Crippen molar-refractivity contribution in [2.24, 2.45) is 11.3 Å². The van der Waals surface area contributed by atoms with E-state index >= 15 is 0 Å². The second kappa shape index (κ2) is 7.09. The van der Waals surface area contributed by atoms with E-state index in [-0.39, 0.29) is 0 Å². The van der Waals surface area contributed by atoms with Crippen LogP contribution in [0.15, 0.2) is 24.3 Å². The topological polar surface area (TPSA) is 12.0 Å². The molecule has 1 atom stereocenters. The molecule has 108 valence electrons. The first-order valence-corrected chi connectivity index (χ1v) is 7.64. The summed E-state index contributed by atoms with van der Waals surface area (Å²) in [6, 6.07) is 9.18. The molecule has 1 N–H and O–H groups in total. The van der Waals surface area contributed by atoms with Crippen LogP contribution < -0.4 is 5.32 Å². The maximum Gasteiger partial charge on any atom is -0.00124 e. The Morgan fingerprint density at radius 2 is 1.63 bits per heavy atom. The third-order valence-corrected chi connectivity index (χ3v) is 3.99. The van der Waals surface area contributed by atoms with Crippen molar-refractivity contribution in [1.82, 2.24) is 5.32 Å². The number of rotatable bonds is 6. The zero-order valence-electron chi connectivity index (χ0n) is 13.6. The van der Waals surface area contributed by atoms with Crippen molar-refractivity contribution < 1.29 is 0 Å². The van der Waals surface area contributed by atoms with Crippen LogP contribution >= 0.6 is 0 Å². The van der Waals surface area contributed by atoms with Crippen molar-refractivity contribution in [2.75, 3.05) is 13.1 Å². The Bertz CT molecular complexity index is 356. The molecule has 1 aromatic carbocycles. The van der Waals surface area contributed by atoms with Crippen molar-refractivity contribution >= 4 is 0 Å². The van der Waals surface area contributed by atoms with Gasteiger partial charge in [-0.25, -0.2) is 0 Å². The minimum absolute atomic E-state index is 0.346. The fraction of sp³-hybridized carbons (Fsp3) is 0.667. The average Bonchev–Trinajstić information content (AvgIpc) is 2.33. The summed E-state index contributed by atoms with van der Waals surface area (Å²) < 4.78 is 0. The molecular formula is C18H31N. The fourth-order valence-electron chi connectivity index (χ4n) is 2.33. The Balaban J connectivity index is 2.73. The summed E-state index contributed by atoms with van der Waals surface area (Å²) in [5.41, 5.74) is 3.24. The summed E-state index contributed by atoms with van der Waals surface area (Å²) >= 11 is 0. The minimum Gasteiger partial charge on any atom is -0.317 e. The normalized spacial score (nSPS) is 13.8. The van der Waals surface area contributed by atoms with Gasteiger partial charge in [0.1, 0.15) is 0 Å². The lowest BCUT2D eigenvalue weighted by atomic mass is 9.77. The number of benzene rings is 1. The zero-order chi connectivity index (χ0) is 14.5. The van der Waals surface area contributed by atoms with Gasteiger partial charge in [0.25, 0.3) is 0 Å². The van der Waals surface area contributed by atoms with Crippen molar-refractivity contribution in [3.05, 3.63) is 35.4 Å². The van der Waals surface area contributed by atoms with Gasteiger partial charge in [-0.1, -0.05) is 65.8 Å². The van der Waals surface area contributed by atoms with Gasteiger partial charge in [-0.15, -0.1) is 0 Å². The third kappa shape index (κ3) is 5.36. The molecule has 0 aliphatic heterocycles. The highest BCUT2D eigenvalue weighted by atomic mass is 14.8. The highest BCUT2D eigenvalue weighted by Crippen LogP contribution is 2.29. The van der Waals surface area contributed by atoms with E-state index in [1.165, 1.54) is 11.1 Å². The molecule has 0 aliphatic carbocycles. The first-order chi connectivity index (χ1) is 8.84. The van der Waals surface area contributed by atoms with Gasteiger partial charge in [-0.3, -0.25) is 0 Å². The Morgan fingerprint density at radius 1 is 1.05 bits per heavy atom. The molecule has 1 heteroatoms. The molecule has 1 aromatic rings. The van der Waals surface area contributed by atoms with Crippen molar-refractivity contribution in [1.29, 1.82) is 0 Å². The van der Waals surface area contributed by atoms with E-state index in [1.807, 2.05) is 0 Å². The van der Waals surface area contributed by atoms with E-state index in [1.54, 1.807) is 0 Å². The summed E-state index contributed by atoms with van der Waals surface area (Å²) in [6.45, 7) is 15.9. The van der Waals surface area contributed by atoms with E-state index in [0.29, 0.717) is 17.3 Å². The molecule has 1 rings (SSSR count). The lowest BCUT2D eigenvalue weighted by Gasteiger charge is -2.31. The average molecular weight is 261 g/mol. The lowest BCUT2D eigenvalue weighted by molar-refractivity contribution is 0.232. The van der Waals surface area contributed by atoms with Gasteiger partial charge in [0.2, 0.25) is 0 Å². The van der Waals surface area contributed by atoms with Crippen LogP contribution in [-0.4, -0.2) is 13.1 Å². The number of hydrogen-bond acceptors (Lipinski definition) is 1. The van der Waals surface area contributed by atoms with Gasteiger partial charge in [0, 0.05) is 0 Å². The molecule has 0 aromatic heterocycles.